The number of carbonyl (C=O) groups excluding carboxylic acids is 1. The number of nitrogens with one attached hydrogen (secondary N) is 1. The molecule has 0 radical (unpaired) electrons. The van der Waals surface area contributed by atoms with Gasteiger partial charge in [0.25, 0.3) is 5.69 Å². The summed E-state index contributed by atoms with van der Waals surface area (Å²) in [6.45, 7) is 13.3. The predicted molar refractivity (Wildman–Crippen MR) is 115 cm³/mol. The number of benzene rings is 1. The van der Waals surface area contributed by atoms with Gasteiger partial charge in [-0.05, 0) is 38.8 Å². The maximum atomic E-state index is 12.1. The van der Waals surface area contributed by atoms with Gasteiger partial charge in [0.1, 0.15) is 12.4 Å². The molecular formula is C20H34N2O6Si. The van der Waals surface area contributed by atoms with Crippen LogP contribution in [0.25, 0.3) is 0 Å². The zero-order chi connectivity index (χ0) is 22.1. The van der Waals surface area contributed by atoms with E-state index in [4.69, 9.17) is 14.2 Å². The molecule has 29 heavy (non-hydrogen) atoms. The van der Waals surface area contributed by atoms with Crippen LogP contribution in [0.4, 0.5) is 10.5 Å². The summed E-state index contributed by atoms with van der Waals surface area (Å²) in [4.78, 5) is 22.5. The molecule has 9 heteroatoms. The number of non-ortho nitro benzene ring substituents is 1. The minimum Gasteiger partial charge on any atom is -0.444 e. The van der Waals surface area contributed by atoms with Crippen LogP contribution in [0.2, 0.25) is 25.7 Å². The van der Waals surface area contributed by atoms with E-state index in [1.807, 2.05) is 0 Å². The molecule has 0 saturated carbocycles. The van der Waals surface area contributed by atoms with Gasteiger partial charge < -0.3 is 19.5 Å². The number of carbonyl (C=O) groups is 1. The van der Waals surface area contributed by atoms with Gasteiger partial charge in [0.15, 0.2) is 0 Å². The Balaban J connectivity index is 2.60. The minimum atomic E-state index is -1.15. The van der Waals surface area contributed by atoms with Crippen LogP contribution in [0.1, 0.15) is 26.3 Å². The van der Waals surface area contributed by atoms with Crippen LogP contribution in [0.3, 0.4) is 0 Å². The first kappa shape index (κ1) is 25.1. The highest BCUT2D eigenvalue weighted by Gasteiger charge is 2.20. The third-order valence-corrected chi connectivity index (χ3v) is 5.54. The Labute approximate surface area is 174 Å². The third kappa shape index (κ3) is 12.2. The van der Waals surface area contributed by atoms with Gasteiger partial charge in [-0.25, -0.2) is 4.79 Å². The number of rotatable bonds is 11. The summed E-state index contributed by atoms with van der Waals surface area (Å²) < 4.78 is 16.4. The van der Waals surface area contributed by atoms with Crippen molar-refractivity contribution in [2.24, 2.45) is 0 Å². The number of hydrogen-bond acceptors (Lipinski definition) is 6. The average Bonchev–Trinajstić information content (AvgIpc) is 2.55. The van der Waals surface area contributed by atoms with Crippen LogP contribution in [-0.2, 0) is 20.6 Å². The molecule has 1 aromatic rings. The van der Waals surface area contributed by atoms with Crippen LogP contribution in [0, 0.1) is 10.1 Å². The van der Waals surface area contributed by atoms with E-state index in [2.05, 4.69) is 25.0 Å². The molecule has 0 aromatic heterocycles. The molecule has 0 aliphatic rings. The second-order valence-corrected chi connectivity index (χ2v) is 14.8. The molecule has 0 aliphatic carbocycles. The van der Waals surface area contributed by atoms with E-state index in [-0.39, 0.29) is 25.1 Å². The number of nitro groups is 1. The van der Waals surface area contributed by atoms with Crippen molar-refractivity contribution in [2.45, 2.75) is 64.5 Å². The Morgan fingerprint density at radius 2 is 1.79 bits per heavy atom. The van der Waals surface area contributed by atoms with Crippen molar-refractivity contribution >= 4 is 19.9 Å². The summed E-state index contributed by atoms with van der Waals surface area (Å²) in [5.74, 6) is 0. The molecule has 0 heterocycles. The molecule has 164 valence electrons. The molecule has 0 saturated heterocycles. The van der Waals surface area contributed by atoms with E-state index in [9.17, 15) is 14.9 Å². The van der Waals surface area contributed by atoms with Crippen LogP contribution in [0.5, 0.6) is 0 Å². The molecule has 0 fully saturated rings. The predicted octanol–water partition coefficient (Wildman–Crippen LogP) is 4.36. The van der Waals surface area contributed by atoms with Crippen LogP contribution in [0.15, 0.2) is 24.3 Å². The quantitative estimate of drug-likeness (QED) is 0.185. The standard InChI is InChI=1S/C20H34N2O6Si/c1-20(2,3)28-19(23)21-17(14-27-15-26-11-12-29(4,5)6)13-16-7-9-18(10-8-16)22(24)25/h7-10,17H,11-15H2,1-6H3,(H,21,23)/t17-/m0/s1. The Kier molecular flexibility index (Phi) is 9.74. The van der Waals surface area contributed by atoms with Gasteiger partial charge in [-0.1, -0.05) is 31.8 Å². The fraction of sp³-hybridized carbons (Fsp3) is 0.650. The van der Waals surface area contributed by atoms with Crippen LogP contribution >= 0.6 is 0 Å². The molecule has 1 N–H and O–H groups in total. The van der Waals surface area contributed by atoms with Crippen LogP contribution in [-0.4, -0.2) is 50.7 Å². The first-order valence-electron chi connectivity index (χ1n) is 9.74. The Hall–Kier alpha value is -1.97. The number of amides is 1. The monoisotopic (exact) mass is 426 g/mol. The Morgan fingerprint density at radius 1 is 1.17 bits per heavy atom. The van der Waals surface area contributed by atoms with Gasteiger partial charge >= 0.3 is 6.09 Å². The Bertz CT molecular complexity index is 652. The fourth-order valence-electron chi connectivity index (χ4n) is 2.35. The molecule has 1 rings (SSSR count). The molecule has 0 bridgehead atoms. The number of alkyl carbamates (subject to hydrolysis) is 1. The molecule has 0 spiro atoms. The lowest BCUT2D eigenvalue weighted by Gasteiger charge is -2.24. The van der Waals surface area contributed by atoms with Gasteiger partial charge in [0.05, 0.1) is 17.6 Å². The summed E-state index contributed by atoms with van der Waals surface area (Å²) in [5.41, 5.74) is 0.264. The molecule has 1 atom stereocenters. The zero-order valence-corrected chi connectivity index (χ0v) is 19.3. The second kappa shape index (κ2) is 11.3. The van der Waals surface area contributed by atoms with Crippen molar-refractivity contribution in [1.29, 1.82) is 0 Å². The van der Waals surface area contributed by atoms with Crippen molar-refractivity contribution in [1.82, 2.24) is 5.32 Å². The first-order valence-corrected chi connectivity index (χ1v) is 13.4. The lowest BCUT2D eigenvalue weighted by molar-refractivity contribution is -0.384. The third-order valence-electron chi connectivity index (χ3n) is 3.83. The van der Waals surface area contributed by atoms with Gasteiger partial charge in [-0.2, -0.15) is 0 Å². The fourth-order valence-corrected chi connectivity index (χ4v) is 3.11. The molecule has 1 aromatic carbocycles. The smallest absolute Gasteiger partial charge is 0.407 e. The number of hydrogen-bond donors (Lipinski definition) is 1. The number of nitrogens with zero attached hydrogens (tertiary/aromatic N) is 1. The van der Waals surface area contributed by atoms with Crippen molar-refractivity contribution in [2.75, 3.05) is 20.0 Å². The number of ether oxygens (including phenoxy) is 3. The van der Waals surface area contributed by atoms with Crippen molar-refractivity contribution in [3.8, 4) is 0 Å². The van der Waals surface area contributed by atoms with E-state index in [1.54, 1.807) is 32.9 Å². The van der Waals surface area contributed by atoms with E-state index in [0.29, 0.717) is 13.0 Å². The molecule has 8 nitrogen and oxygen atoms in total. The molecular weight excluding hydrogens is 392 g/mol. The highest BCUT2D eigenvalue weighted by Crippen LogP contribution is 2.14. The zero-order valence-electron chi connectivity index (χ0n) is 18.3. The maximum Gasteiger partial charge on any atom is 0.407 e. The topological polar surface area (TPSA) is 99.9 Å². The average molecular weight is 427 g/mol. The molecule has 0 aliphatic heterocycles. The van der Waals surface area contributed by atoms with Crippen molar-refractivity contribution < 1.29 is 23.9 Å². The van der Waals surface area contributed by atoms with E-state index >= 15 is 0 Å². The Morgan fingerprint density at radius 3 is 2.31 bits per heavy atom. The summed E-state index contributed by atoms with van der Waals surface area (Å²) in [6.07, 6.45) is -0.0840. The maximum absolute atomic E-state index is 12.1. The summed E-state index contributed by atoms with van der Waals surface area (Å²) in [5, 5.41) is 13.6. The largest absolute Gasteiger partial charge is 0.444 e. The van der Waals surface area contributed by atoms with E-state index < -0.39 is 24.7 Å². The highest BCUT2D eigenvalue weighted by molar-refractivity contribution is 6.76. The minimum absolute atomic E-state index is 0.0254. The van der Waals surface area contributed by atoms with Crippen molar-refractivity contribution in [3.05, 3.63) is 39.9 Å². The van der Waals surface area contributed by atoms with Crippen molar-refractivity contribution in [3.63, 3.8) is 0 Å². The summed E-state index contributed by atoms with van der Waals surface area (Å²) in [6, 6.07) is 6.93. The van der Waals surface area contributed by atoms with Gasteiger partial charge in [-0.15, -0.1) is 0 Å². The summed E-state index contributed by atoms with van der Waals surface area (Å²) in [7, 11) is -1.15. The van der Waals surface area contributed by atoms with E-state index in [0.717, 1.165) is 11.6 Å². The molecule has 1 amide bonds. The second-order valence-electron chi connectivity index (χ2n) is 9.18. The van der Waals surface area contributed by atoms with Crippen LogP contribution < -0.4 is 5.32 Å². The lowest BCUT2D eigenvalue weighted by Crippen LogP contribution is -2.42. The summed E-state index contributed by atoms with van der Waals surface area (Å²) >= 11 is 0. The van der Waals surface area contributed by atoms with Gasteiger partial charge in [-0.3, -0.25) is 10.1 Å². The number of nitro benzene ring substituents is 1. The van der Waals surface area contributed by atoms with Gasteiger partial charge in [0, 0.05) is 26.8 Å². The SMILES string of the molecule is CC(C)(C)OC(=O)N[C@H](COCOCC[Si](C)(C)C)Cc1ccc([N+](=O)[O-])cc1. The molecule has 0 unspecified atom stereocenters. The highest BCUT2D eigenvalue weighted by atomic mass is 28.3. The normalized spacial score (nSPS) is 13.0. The van der Waals surface area contributed by atoms with Gasteiger partial charge in [0.2, 0.25) is 0 Å². The first-order chi connectivity index (χ1) is 13.4. The lowest BCUT2D eigenvalue weighted by atomic mass is 10.1. The van der Waals surface area contributed by atoms with E-state index in [1.165, 1.54) is 12.1 Å².